The summed E-state index contributed by atoms with van der Waals surface area (Å²) in [6.07, 6.45) is 3.66. The molecule has 2 N–H and O–H groups in total. The van der Waals surface area contributed by atoms with E-state index >= 15 is 0 Å². The standard InChI is InChI=1S/C20H31N3O2/c1-5-15(4)21-20(25)17-13-16(22-19(24)12-14(2)3)8-9-18(17)23-10-6-7-11-23/h8-9,13-15H,5-7,10-12H2,1-4H3,(H,21,25)(H,22,24). The molecule has 25 heavy (non-hydrogen) atoms. The predicted octanol–water partition coefficient (Wildman–Crippen LogP) is 3.80. The van der Waals surface area contributed by atoms with E-state index in [1.807, 2.05) is 39.0 Å². The Hall–Kier alpha value is -2.04. The quantitative estimate of drug-likeness (QED) is 0.790. The first kappa shape index (κ1) is 19.3. The van der Waals surface area contributed by atoms with Crippen LogP contribution in [0.4, 0.5) is 11.4 Å². The van der Waals surface area contributed by atoms with Crippen molar-refractivity contribution in [2.45, 2.75) is 59.4 Å². The van der Waals surface area contributed by atoms with Gasteiger partial charge in [0.15, 0.2) is 0 Å². The maximum Gasteiger partial charge on any atom is 0.253 e. The molecule has 1 aromatic carbocycles. The van der Waals surface area contributed by atoms with E-state index in [1.165, 1.54) is 0 Å². The SMILES string of the molecule is CCC(C)NC(=O)c1cc(NC(=O)CC(C)C)ccc1N1CCCC1. The first-order chi connectivity index (χ1) is 11.9. The monoisotopic (exact) mass is 345 g/mol. The summed E-state index contributed by atoms with van der Waals surface area (Å²) >= 11 is 0. The van der Waals surface area contributed by atoms with E-state index in [0.717, 1.165) is 38.0 Å². The van der Waals surface area contributed by atoms with E-state index < -0.39 is 0 Å². The molecule has 2 amide bonds. The van der Waals surface area contributed by atoms with Crippen LogP contribution in [0.1, 0.15) is 63.7 Å². The van der Waals surface area contributed by atoms with Gasteiger partial charge in [-0.05, 0) is 50.3 Å². The number of benzene rings is 1. The van der Waals surface area contributed by atoms with Crippen molar-refractivity contribution in [3.05, 3.63) is 23.8 Å². The van der Waals surface area contributed by atoms with Gasteiger partial charge in [0.25, 0.3) is 5.91 Å². The Balaban J connectivity index is 2.25. The summed E-state index contributed by atoms with van der Waals surface area (Å²) < 4.78 is 0. The summed E-state index contributed by atoms with van der Waals surface area (Å²) in [6.45, 7) is 10.0. The van der Waals surface area contributed by atoms with Crippen molar-refractivity contribution in [2.24, 2.45) is 5.92 Å². The summed E-state index contributed by atoms with van der Waals surface area (Å²) in [5, 5.41) is 5.96. The third kappa shape index (κ3) is 5.48. The molecule has 5 nitrogen and oxygen atoms in total. The van der Waals surface area contributed by atoms with Crippen LogP contribution in [-0.4, -0.2) is 30.9 Å². The van der Waals surface area contributed by atoms with E-state index in [0.29, 0.717) is 23.6 Å². The Morgan fingerprint density at radius 3 is 2.44 bits per heavy atom. The Morgan fingerprint density at radius 1 is 1.16 bits per heavy atom. The summed E-state index contributed by atoms with van der Waals surface area (Å²) in [7, 11) is 0. The van der Waals surface area contributed by atoms with Crippen molar-refractivity contribution >= 4 is 23.2 Å². The van der Waals surface area contributed by atoms with Crippen LogP contribution in [0.3, 0.4) is 0 Å². The average Bonchev–Trinajstić information content (AvgIpc) is 3.08. The van der Waals surface area contributed by atoms with Crippen LogP contribution in [0.5, 0.6) is 0 Å². The molecule has 1 atom stereocenters. The summed E-state index contributed by atoms with van der Waals surface area (Å²) in [6, 6.07) is 5.79. The van der Waals surface area contributed by atoms with Gasteiger partial charge in [-0.2, -0.15) is 0 Å². The number of nitrogens with one attached hydrogen (secondary N) is 2. The van der Waals surface area contributed by atoms with Crippen molar-refractivity contribution in [3.63, 3.8) is 0 Å². The minimum absolute atomic E-state index is 0.0165. The van der Waals surface area contributed by atoms with Gasteiger partial charge >= 0.3 is 0 Å². The number of hydrogen-bond donors (Lipinski definition) is 2. The minimum atomic E-state index is -0.0730. The normalized spacial score (nSPS) is 15.3. The fourth-order valence-corrected chi connectivity index (χ4v) is 3.02. The molecule has 1 aliphatic heterocycles. The fourth-order valence-electron chi connectivity index (χ4n) is 3.02. The molecule has 138 valence electrons. The highest BCUT2D eigenvalue weighted by atomic mass is 16.2. The van der Waals surface area contributed by atoms with Crippen molar-refractivity contribution in [1.82, 2.24) is 5.32 Å². The second-order valence-corrected chi connectivity index (χ2v) is 7.35. The van der Waals surface area contributed by atoms with Crippen LogP contribution in [0, 0.1) is 5.92 Å². The molecule has 1 heterocycles. The molecule has 0 aliphatic carbocycles. The number of carbonyl (C=O) groups excluding carboxylic acids is 2. The highest BCUT2D eigenvalue weighted by molar-refractivity contribution is 6.02. The second kappa shape index (κ2) is 8.88. The Morgan fingerprint density at radius 2 is 1.84 bits per heavy atom. The van der Waals surface area contributed by atoms with Gasteiger partial charge in [0.05, 0.1) is 5.56 Å². The van der Waals surface area contributed by atoms with E-state index in [1.54, 1.807) is 0 Å². The molecule has 1 unspecified atom stereocenters. The highest BCUT2D eigenvalue weighted by Crippen LogP contribution is 2.28. The van der Waals surface area contributed by atoms with Gasteiger partial charge in [-0.3, -0.25) is 9.59 Å². The largest absolute Gasteiger partial charge is 0.371 e. The lowest BCUT2D eigenvalue weighted by molar-refractivity contribution is -0.116. The molecular formula is C20H31N3O2. The molecule has 1 aromatic rings. The van der Waals surface area contributed by atoms with Crippen molar-refractivity contribution in [3.8, 4) is 0 Å². The highest BCUT2D eigenvalue weighted by Gasteiger charge is 2.21. The molecule has 0 bridgehead atoms. The van der Waals surface area contributed by atoms with E-state index in [4.69, 9.17) is 0 Å². The van der Waals surface area contributed by atoms with E-state index in [-0.39, 0.29) is 17.9 Å². The lowest BCUT2D eigenvalue weighted by Crippen LogP contribution is -2.33. The number of carbonyl (C=O) groups is 2. The Labute approximate surface area is 151 Å². The van der Waals surface area contributed by atoms with Crippen LogP contribution >= 0.6 is 0 Å². The number of amides is 2. The molecule has 1 aliphatic rings. The van der Waals surface area contributed by atoms with Gasteiger partial charge in [0, 0.05) is 36.9 Å². The lowest BCUT2D eigenvalue weighted by atomic mass is 10.1. The first-order valence-corrected chi connectivity index (χ1v) is 9.40. The van der Waals surface area contributed by atoms with Crippen LogP contribution in [0.2, 0.25) is 0 Å². The van der Waals surface area contributed by atoms with Gasteiger partial charge in [0.1, 0.15) is 0 Å². The molecule has 2 rings (SSSR count). The van der Waals surface area contributed by atoms with Crippen LogP contribution in [0.15, 0.2) is 18.2 Å². The molecule has 1 fully saturated rings. The van der Waals surface area contributed by atoms with Gasteiger partial charge in [-0.25, -0.2) is 0 Å². The molecule has 0 spiro atoms. The topological polar surface area (TPSA) is 61.4 Å². The maximum atomic E-state index is 12.8. The summed E-state index contributed by atoms with van der Waals surface area (Å²) in [4.78, 5) is 27.1. The van der Waals surface area contributed by atoms with Crippen molar-refractivity contribution in [2.75, 3.05) is 23.3 Å². The second-order valence-electron chi connectivity index (χ2n) is 7.35. The molecule has 0 aromatic heterocycles. The molecular weight excluding hydrogens is 314 g/mol. The summed E-state index contributed by atoms with van der Waals surface area (Å²) in [5.41, 5.74) is 2.28. The van der Waals surface area contributed by atoms with Crippen molar-refractivity contribution < 1.29 is 9.59 Å². The predicted molar refractivity (Wildman–Crippen MR) is 103 cm³/mol. The third-order valence-electron chi connectivity index (χ3n) is 4.56. The van der Waals surface area contributed by atoms with Gasteiger partial charge in [-0.15, -0.1) is 0 Å². The van der Waals surface area contributed by atoms with Crippen molar-refractivity contribution in [1.29, 1.82) is 0 Å². The molecule has 5 heteroatoms. The third-order valence-corrected chi connectivity index (χ3v) is 4.56. The van der Waals surface area contributed by atoms with Gasteiger partial charge < -0.3 is 15.5 Å². The Kier molecular flexibility index (Phi) is 6.85. The van der Waals surface area contributed by atoms with Crippen LogP contribution in [0.25, 0.3) is 0 Å². The zero-order valence-corrected chi connectivity index (χ0v) is 15.9. The smallest absolute Gasteiger partial charge is 0.253 e. The fraction of sp³-hybridized carbons (Fsp3) is 0.600. The summed E-state index contributed by atoms with van der Waals surface area (Å²) in [5.74, 6) is 0.213. The molecule has 1 saturated heterocycles. The zero-order valence-electron chi connectivity index (χ0n) is 15.9. The molecule has 0 saturated carbocycles. The van der Waals surface area contributed by atoms with E-state index in [2.05, 4.69) is 22.5 Å². The Bertz CT molecular complexity index is 607. The van der Waals surface area contributed by atoms with Crippen LogP contribution < -0.4 is 15.5 Å². The number of hydrogen-bond acceptors (Lipinski definition) is 3. The molecule has 0 radical (unpaired) electrons. The maximum absolute atomic E-state index is 12.8. The first-order valence-electron chi connectivity index (χ1n) is 9.40. The van der Waals surface area contributed by atoms with E-state index in [9.17, 15) is 9.59 Å². The lowest BCUT2D eigenvalue weighted by Gasteiger charge is -2.23. The van der Waals surface area contributed by atoms with Crippen LogP contribution in [-0.2, 0) is 4.79 Å². The average molecular weight is 345 g/mol. The number of anilines is 2. The number of rotatable bonds is 7. The number of nitrogens with zero attached hydrogens (tertiary/aromatic N) is 1. The zero-order chi connectivity index (χ0) is 18.4. The van der Waals surface area contributed by atoms with Gasteiger partial charge in [-0.1, -0.05) is 20.8 Å². The van der Waals surface area contributed by atoms with Gasteiger partial charge in [0.2, 0.25) is 5.91 Å². The minimum Gasteiger partial charge on any atom is -0.371 e.